The maximum Gasteiger partial charge on any atom is 0.274 e. The Bertz CT molecular complexity index is 664. The van der Waals surface area contributed by atoms with Gasteiger partial charge in [0, 0.05) is 19.1 Å². The number of likely N-dealkylation sites (tertiary alicyclic amines) is 1. The monoisotopic (exact) mass is 324 g/mol. The first-order chi connectivity index (χ1) is 11.6. The second-order valence-corrected chi connectivity index (χ2v) is 6.56. The summed E-state index contributed by atoms with van der Waals surface area (Å²) >= 11 is 0. The van der Waals surface area contributed by atoms with Gasteiger partial charge in [-0.1, -0.05) is 37.3 Å². The smallest absolute Gasteiger partial charge is 0.274 e. The van der Waals surface area contributed by atoms with Crippen LogP contribution in [-0.2, 0) is 0 Å². The average Bonchev–Trinajstić information content (AvgIpc) is 2.63. The van der Waals surface area contributed by atoms with Gasteiger partial charge in [0.05, 0.1) is 0 Å². The van der Waals surface area contributed by atoms with Gasteiger partial charge in [0.1, 0.15) is 5.82 Å². The summed E-state index contributed by atoms with van der Waals surface area (Å²) in [5.41, 5.74) is 1.60. The predicted molar refractivity (Wildman–Crippen MR) is 94.8 cm³/mol. The number of rotatable bonds is 4. The van der Waals surface area contributed by atoms with Gasteiger partial charge < -0.3 is 10.2 Å². The molecule has 1 N–H and O–H groups in total. The van der Waals surface area contributed by atoms with Gasteiger partial charge in [-0.25, -0.2) is 0 Å². The quantitative estimate of drug-likeness (QED) is 0.935. The molecule has 5 nitrogen and oxygen atoms in total. The summed E-state index contributed by atoms with van der Waals surface area (Å²) < 4.78 is 0. The van der Waals surface area contributed by atoms with Gasteiger partial charge in [0.25, 0.3) is 5.91 Å². The SMILES string of the molecule is CC1CCN(C(=O)c2ccc(NC(C)c3ccccc3)nn2)CC1. The van der Waals surface area contributed by atoms with Gasteiger partial charge >= 0.3 is 0 Å². The van der Waals surface area contributed by atoms with E-state index in [2.05, 4.69) is 41.5 Å². The Hall–Kier alpha value is -2.43. The van der Waals surface area contributed by atoms with E-state index in [4.69, 9.17) is 0 Å². The molecular weight excluding hydrogens is 300 g/mol. The van der Waals surface area contributed by atoms with Crippen molar-refractivity contribution in [2.45, 2.75) is 32.7 Å². The molecule has 1 saturated heterocycles. The minimum Gasteiger partial charge on any atom is -0.362 e. The van der Waals surface area contributed by atoms with E-state index in [9.17, 15) is 4.79 Å². The molecule has 5 heteroatoms. The number of nitrogens with zero attached hydrogens (tertiary/aromatic N) is 3. The highest BCUT2D eigenvalue weighted by atomic mass is 16.2. The molecule has 2 aromatic rings. The maximum atomic E-state index is 12.5. The van der Waals surface area contributed by atoms with Crippen LogP contribution < -0.4 is 5.32 Å². The third-order valence-corrected chi connectivity index (χ3v) is 4.62. The summed E-state index contributed by atoms with van der Waals surface area (Å²) in [6, 6.07) is 13.9. The summed E-state index contributed by atoms with van der Waals surface area (Å²) in [6.07, 6.45) is 2.13. The molecule has 1 aliphatic rings. The molecule has 0 spiro atoms. The van der Waals surface area contributed by atoms with Crippen molar-refractivity contribution in [3.63, 3.8) is 0 Å². The van der Waals surface area contributed by atoms with Crippen molar-refractivity contribution in [3.05, 3.63) is 53.7 Å². The molecule has 1 aromatic carbocycles. The first-order valence-corrected chi connectivity index (χ1v) is 8.58. The number of hydrogen-bond acceptors (Lipinski definition) is 4. The van der Waals surface area contributed by atoms with Gasteiger partial charge in [0.15, 0.2) is 5.69 Å². The molecule has 3 rings (SSSR count). The zero-order valence-electron chi connectivity index (χ0n) is 14.3. The molecular formula is C19H24N4O. The summed E-state index contributed by atoms with van der Waals surface area (Å²) in [7, 11) is 0. The number of carbonyl (C=O) groups excluding carboxylic acids is 1. The number of amides is 1. The second-order valence-electron chi connectivity index (χ2n) is 6.56. The maximum absolute atomic E-state index is 12.5. The highest BCUT2D eigenvalue weighted by Gasteiger charge is 2.22. The zero-order chi connectivity index (χ0) is 16.9. The molecule has 0 bridgehead atoms. The van der Waals surface area contributed by atoms with E-state index in [0.717, 1.165) is 25.9 Å². The Labute approximate surface area is 143 Å². The lowest BCUT2D eigenvalue weighted by molar-refractivity contribution is 0.0690. The van der Waals surface area contributed by atoms with E-state index in [0.29, 0.717) is 17.4 Å². The minimum atomic E-state index is -0.0166. The van der Waals surface area contributed by atoms with Gasteiger partial charge in [-0.05, 0) is 43.4 Å². The minimum absolute atomic E-state index is 0.0166. The van der Waals surface area contributed by atoms with Crippen molar-refractivity contribution in [1.29, 1.82) is 0 Å². The standard InChI is InChI=1S/C19H24N4O/c1-14-10-12-23(13-11-14)19(24)17-8-9-18(22-21-17)20-15(2)16-6-4-3-5-7-16/h3-9,14-15H,10-13H2,1-2H3,(H,20,22). The van der Waals surface area contributed by atoms with E-state index in [1.807, 2.05) is 29.2 Å². The normalized spacial score (nSPS) is 16.7. The number of nitrogens with one attached hydrogen (secondary N) is 1. The van der Waals surface area contributed by atoms with Crippen LogP contribution in [0.25, 0.3) is 0 Å². The fourth-order valence-electron chi connectivity index (χ4n) is 2.94. The lowest BCUT2D eigenvalue weighted by Gasteiger charge is -2.29. The fraction of sp³-hybridized carbons (Fsp3) is 0.421. The molecule has 1 aliphatic heterocycles. The Balaban J connectivity index is 1.62. The van der Waals surface area contributed by atoms with E-state index in [-0.39, 0.29) is 11.9 Å². The number of benzene rings is 1. The van der Waals surface area contributed by atoms with Gasteiger partial charge in [-0.2, -0.15) is 0 Å². The van der Waals surface area contributed by atoms with Crippen LogP contribution in [0, 0.1) is 5.92 Å². The topological polar surface area (TPSA) is 58.1 Å². The molecule has 1 amide bonds. The molecule has 0 radical (unpaired) electrons. The van der Waals surface area contributed by atoms with Crippen molar-refractivity contribution in [3.8, 4) is 0 Å². The molecule has 126 valence electrons. The Kier molecular flexibility index (Phi) is 5.08. The Morgan fingerprint density at radius 3 is 2.46 bits per heavy atom. The molecule has 1 aromatic heterocycles. The first kappa shape index (κ1) is 16.4. The van der Waals surface area contributed by atoms with Gasteiger partial charge in [0.2, 0.25) is 0 Å². The van der Waals surface area contributed by atoms with Crippen LogP contribution in [0.3, 0.4) is 0 Å². The highest BCUT2D eigenvalue weighted by molar-refractivity contribution is 5.92. The van der Waals surface area contributed by atoms with Crippen molar-refractivity contribution in [2.24, 2.45) is 5.92 Å². The summed E-state index contributed by atoms with van der Waals surface area (Å²) in [5.74, 6) is 1.36. The Morgan fingerprint density at radius 2 is 1.83 bits per heavy atom. The van der Waals surface area contributed by atoms with Crippen molar-refractivity contribution >= 4 is 11.7 Å². The first-order valence-electron chi connectivity index (χ1n) is 8.58. The van der Waals surface area contributed by atoms with E-state index in [1.165, 1.54) is 5.56 Å². The fourth-order valence-corrected chi connectivity index (χ4v) is 2.94. The van der Waals surface area contributed by atoms with Crippen LogP contribution in [0.1, 0.15) is 48.8 Å². The van der Waals surface area contributed by atoms with Crippen molar-refractivity contribution < 1.29 is 4.79 Å². The summed E-state index contributed by atoms with van der Waals surface area (Å²) in [5, 5.41) is 11.6. The third kappa shape index (κ3) is 3.91. The third-order valence-electron chi connectivity index (χ3n) is 4.62. The van der Waals surface area contributed by atoms with E-state index < -0.39 is 0 Å². The lowest BCUT2D eigenvalue weighted by atomic mass is 9.99. The van der Waals surface area contributed by atoms with Crippen LogP contribution in [0.5, 0.6) is 0 Å². The summed E-state index contributed by atoms with van der Waals surface area (Å²) in [4.78, 5) is 14.3. The van der Waals surface area contributed by atoms with Crippen molar-refractivity contribution in [2.75, 3.05) is 18.4 Å². The predicted octanol–water partition coefficient (Wildman–Crippen LogP) is 3.52. The molecule has 1 unspecified atom stereocenters. The number of aromatic nitrogens is 2. The molecule has 2 heterocycles. The van der Waals surface area contributed by atoms with E-state index in [1.54, 1.807) is 6.07 Å². The van der Waals surface area contributed by atoms with Crippen LogP contribution in [0.4, 0.5) is 5.82 Å². The number of hydrogen-bond donors (Lipinski definition) is 1. The van der Waals surface area contributed by atoms with Crippen molar-refractivity contribution in [1.82, 2.24) is 15.1 Å². The van der Waals surface area contributed by atoms with Crippen LogP contribution in [0.15, 0.2) is 42.5 Å². The lowest BCUT2D eigenvalue weighted by Crippen LogP contribution is -2.38. The number of carbonyl (C=O) groups is 1. The number of anilines is 1. The molecule has 0 aliphatic carbocycles. The van der Waals surface area contributed by atoms with Gasteiger partial charge in [-0.15, -0.1) is 10.2 Å². The summed E-state index contributed by atoms with van der Waals surface area (Å²) in [6.45, 7) is 5.93. The van der Waals surface area contributed by atoms with Crippen LogP contribution >= 0.6 is 0 Å². The molecule has 24 heavy (non-hydrogen) atoms. The largest absolute Gasteiger partial charge is 0.362 e. The molecule has 1 atom stereocenters. The second kappa shape index (κ2) is 7.43. The zero-order valence-corrected chi connectivity index (χ0v) is 14.3. The van der Waals surface area contributed by atoms with Crippen LogP contribution in [0.2, 0.25) is 0 Å². The average molecular weight is 324 g/mol. The molecule has 0 saturated carbocycles. The highest BCUT2D eigenvalue weighted by Crippen LogP contribution is 2.19. The van der Waals surface area contributed by atoms with E-state index >= 15 is 0 Å². The Morgan fingerprint density at radius 1 is 1.12 bits per heavy atom. The van der Waals surface area contributed by atoms with Crippen LogP contribution in [-0.4, -0.2) is 34.1 Å². The molecule has 1 fully saturated rings. The number of piperidine rings is 1. The van der Waals surface area contributed by atoms with Gasteiger partial charge in [-0.3, -0.25) is 4.79 Å².